The molecule has 5 heteroatoms. The first-order valence-electron chi connectivity index (χ1n) is 5.40. The van der Waals surface area contributed by atoms with Crippen molar-refractivity contribution in [2.75, 3.05) is 18.0 Å². The van der Waals surface area contributed by atoms with Crippen LogP contribution in [-0.4, -0.2) is 30.3 Å². The lowest BCUT2D eigenvalue weighted by molar-refractivity contribution is 0.0288. The van der Waals surface area contributed by atoms with E-state index in [1.807, 2.05) is 0 Å². The molecule has 2 saturated heterocycles. The maximum Gasteiger partial charge on any atom is 0.297 e. The highest BCUT2D eigenvalue weighted by Crippen LogP contribution is 2.29. The molecule has 0 saturated carbocycles. The summed E-state index contributed by atoms with van der Waals surface area (Å²) < 4.78 is 11.1. The van der Waals surface area contributed by atoms with Gasteiger partial charge in [-0.15, -0.1) is 0 Å². The van der Waals surface area contributed by atoms with Crippen molar-refractivity contribution in [1.82, 2.24) is 4.98 Å². The van der Waals surface area contributed by atoms with E-state index in [0.717, 1.165) is 31.6 Å². The van der Waals surface area contributed by atoms with Crippen LogP contribution in [0, 0.1) is 0 Å². The molecule has 3 rings (SSSR count). The molecule has 0 radical (unpaired) electrons. The number of fused-ring (bicyclic) bond motifs is 2. The standard InChI is InChI=1S/C10H15N3O2/c11-3-7-6-14-10(12-7)13-4-8-1-2-9(5-13)15-8/h6,8-9H,1-5,11H2. The fraction of sp³-hybridized carbons (Fsp3) is 0.700. The number of nitrogens with two attached hydrogens (primary N) is 1. The van der Waals surface area contributed by atoms with Crippen molar-refractivity contribution in [1.29, 1.82) is 0 Å². The number of nitrogens with zero attached hydrogens (tertiary/aromatic N) is 2. The summed E-state index contributed by atoms with van der Waals surface area (Å²) in [6, 6.07) is 0.690. The van der Waals surface area contributed by atoms with Crippen molar-refractivity contribution < 1.29 is 9.15 Å². The Kier molecular flexibility index (Phi) is 2.14. The molecular formula is C10H15N3O2. The first kappa shape index (κ1) is 9.18. The van der Waals surface area contributed by atoms with Crippen LogP contribution in [0.2, 0.25) is 0 Å². The van der Waals surface area contributed by atoms with Gasteiger partial charge in [-0.1, -0.05) is 0 Å². The summed E-state index contributed by atoms with van der Waals surface area (Å²) in [6.45, 7) is 2.21. The molecule has 2 atom stereocenters. The first-order chi connectivity index (χ1) is 7.35. The van der Waals surface area contributed by atoms with Crippen molar-refractivity contribution in [3.8, 4) is 0 Å². The third-order valence-corrected chi connectivity index (χ3v) is 3.06. The zero-order chi connectivity index (χ0) is 10.3. The monoisotopic (exact) mass is 209 g/mol. The molecule has 2 unspecified atom stereocenters. The highest BCUT2D eigenvalue weighted by Gasteiger charge is 2.35. The van der Waals surface area contributed by atoms with Crippen LogP contribution >= 0.6 is 0 Å². The molecule has 2 aliphatic heterocycles. The Hall–Kier alpha value is -1.07. The van der Waals surface area contributed by atoms with Gasteiger partial charge in [-0.3, -0.25) is 0 Å². The maximum absolute atomic E-state index is 5.75. The van der Waals surface area contributed by atoms with Gasteiger partial charge in [0.15, 0.2) is 0 Å². The van der Waals surface area contributed by atoms with Gasteiger partial charge in [-0.05, 0) is 12.8 Å². The summed E-state index contributed by atoms with van der Waals surface area (Å²) in [7, 11) is 0. The molecule has 0 spiro atoms. The molecule has 5 nitrogen and oxygen atoms in total. The summed E-state index contributed by atoms with van der Waals surface area (Å²) in [5, 5.41) is 0. The second kappa shape index (κ2) is 3.50. The molecule has 15 heavy (non-hydrogen) atoms. The molecule has 0 aliphatic carbocycles. The molecule has 2 aliphatic rings. The average Bonchev–Trinajstić information content (AvgIpc) is 2.85. The predicted octanol–water partition coefficient (Wildman–Crippen LogP) is 0.501. The largest absolute Gasteiger partial charge is 0.432 e. The normalized spacial score (nSPS) is 29.8. The van der Waals surface area contributed by atoms with Crippen LogP contribution in [0.15, 0.2) is 10.7 Å². The number of oxazole rings is 1. The minimum absolute atomic E-state index is 0.358. The number of ether oxygens (including phenoxy) is 1. The van der Waals surface area contributed by atoms with E-state index in [2.05, 4.69) is 9.88 Å². The molecule has 0 amide bonds. The minimum Gasteiger partial charge on any atom is -0.432 e. The first-order valence-corrected chi connectivity index (χ1v) is 5.40. The lowest BCUT2D eigenvalue weighted by Gasteiger charge is -2.30. The molecule has 3 heterocycles. The maximum atomic E-state index is 5.75. The Bertz CT molecular complexity index is 340. The van der Waals surface area contributed by atoms with E-state index in [-0.39, 0.29) is 0 Å². The summed E-state index contributed by atoms with van der Waals surface area (Å²) in [5.41, 5.74) is 6.30. The van der Waals surface area contributed by atoms with Gasteiger partial charge >= 0.3 is 0 Å². The van der Waals surface area contributed by atoms with Gasteiger partial charge in [0, 0.05) is 19.6 Å². The molecular weight excluding hydrogens is 194 g/mol. The average molecular weight is 209 g/mol. The molecule has 2 N–H and O–H groups in total. The molecule has 1 aromatic heterocycles. The second-order valence-electron chi connectivity index (χ2n) is 4.19. The summed E-state index contributed by atoms with van der Waals surface area (Å²) >= 11 is 0. The van der Waals surface area contributed by atoms with E-state index in [1.54, 1.807) is 6.26 Å². The Morgan fingerprint density at radius 3 is 2.73 bits per heavy atom. The van der Waals surface area contributed by atoms with E-state index in [0.29, 0.717) is 24.8 Å². The number of hydrogen-bond acceptors (Lipinski definition) is 5. The van der Waals surface area contributed by atoms with Gasteiger partial charge in [0.25, 0.3) is 6.01 Å². The van der Waals surface area contributed by atoms with Crippen LogP contribution in [0.25, 0.3) is 0 Å². The third kappa shape index (κ3) is 1.61. The van der Waals surface area contributed by atoms with Gasteiger partial charge in [-0.2, -0.15) is 4.98 Å². The van der Waals surface area contributed by atoms with Crippen LogP contribution < -0.4 is 10.6 Å². The number of anilines is 1. The SMILES string of the molecule is NCc1coc(N2CC3CCC(C2)O3)n1. The molecule has 1 aromatic rings. The quantitative estimate of drug-likeness (QED) is 0.768. The molecule has 82 valence electrons. The van der Waals surface area contributed by atoms with Gasteiger partial charge in [0.1, 0.15) is 6.26 Å². The van der Waals surface area contributed by atoms with Crippen LogP contribution in [0.5, 0.6) is 0 Å². The number of hydrogen-bond donors (Lipinski definition) is 1. The molecule has 2 bridgehead atoms. The third-order valence-electron chi connectivity index (χ3n) is 3.06. The van der Waals surface area contributed by atoms with Crippen molar-refractivity contribution >= 4 is 6.01 Å². The highest BCUT2D eigenvalue weighted by atomic mass is 16.5. The van der Waals surface area contributed by atoms with Crippen molar-refractivity contribution in [3.05, 3.63) is 12.0 Å². The van der Waals surface area contributed by atoms with Crippen molar-refractivity contribution in [2.24, 2.45) is 5.73 Å². The van der Waals surface area contributed by atoms with E-state index in [9.17, 15) is 0 Å². The zero-order valence-electron chi connectivity index (χ0n) is 8.56. The highest BCUT2D eigenvalue weighted by molar-refractivity contribution is 5.29. The summed E-state index contributed by atoms with van der Waals surface area (Å²) in [5.74, 6) is 0. The van der Waals surface area contributed by atoms with E-state index < -0.39 is 0 Å². The van der Waals surface area contributed by atoms with E-state index in [4.69, 9.17) is 14.9 Å². The zero-order valence-corrected chi connectivity index (χ0v) is 8.56. The Morgan fingerprint density at radius 1 is 1.40 bits per heavy atom. The van der Waals surface area contributed by atoms with Gasteiger partial charge in [0.05, 0.1) is 17.9 Å². The number of rotatable bonds is 2. The minimum atomic E-state index is 0.358. The number of morpholine rings is 1. The van der Waals surface area contributed by atoms with Crippen LogP contribution in [0.1, 0.15) is 18.5 Å². The topological polar surface area (TPSA) is 64.5 Å². The van der Waals surface area contributed by atoms with Gasteiger partial charge in [0.2, 0.25) is 0 Å². The Morgan fingerprint density at radius 2 is 2.13 bits per heavy atom. The summed E-state index contributed by atoms with van der Waals surface area (Å²) in [4.78, 5) is 6.49. The van der Waals surface area contributed by atoms with Crippen LogP contribution in [0.3, 0.4) is 0 Å². The smallest absolute Gasteiger partial charge is 0.297 e. The lowest BCUT2D eigenvalue weighted by Crippen LogP contribution is -2.42. The van der Waals surface area contributed by atoms with Crippen LogP contribution in [0.4, 0.5) is 6.01 Å². The predicted molar refractivity (Wildman–Crippen MR) is 54.5 cm³/mol. The van der Waals surface area contributed by atoms with E-state index in [1.165, 1.54) is 0 Å². The fourth-order valence-electron chi connectivity index (χ4n) is 2.31. The van der Waals surface area contributed by atoms with Gasteiger partial charge in [-0.25, -0.2) is 0 Å². The van der Waals surface area contributed by atoms with E-state index >= 15 is 0 Å². The summed E-state index contributed by atoms with van der Waals surface area (Å²) in [6.07, 6.45) is 4.66. The molecule has 0 aromatic carbocycles. The number of aromatic nitrogens is 1. The second-order valence-corrected chi connectivity index (χ2v) is 4.19. The van der Waals surface area contributed by atoms with Crippen LogP contribution in [-0.2, 0) is 11.3 Å². The lowest BCUT2D eigenvalue weighted by atomic mass is 10.2. The van der Waals surface area contributed by atoms with Crippen molar-refractivity contribution in [3.63, 3.8) is 0 Å². The Labute approximate surface area is 88.2 Å². The van der Waals surface area contributed by atoms with Crippen molar-refractivity contribution in [2.45, 2.75) is 31.6 Å². The fourth-order valence-corrected chi connectivity index (χ4v) is 2.31. The van der Waals surface area contributed by atoms with Gasteiger partial charge < -0.3 is 19.8 Å². The Balaban J connectivity index is 1.77. The molecule has 2 fully saturated rings.